The molecule has 0 unspecified atom stereocenters. The first-order valence-electron chi connectivity index (χ1n) is 4.21. The number of nitrogens with zero attached hydrogens (tertiary/aromatic N) is 2. The van der Waals surface area contributed by atoms with Gasteiger partial charge in [0.1, 0.15) is 0 Å². The summed E-state index contributed by atoms with van der Waals surface area (Å²) in [5.74, 6) is 0. The van der Waals surface area contributed by atoms with E-state index in [1.807, 2.05) is 13.8 Å². The molecule has 0 N–H and O–H groups in total. The molecule has 2 nitrogen and oxygen atoms in total. The SMILES string of the molecule is Cc1nnc(Cl)c(CCCBr)c1C. The van der Waals surface area contributed by atoms with Gasteiger partial charge < -0.3 is 0 Å². The van der Waals surface area contributed by atoms with E-state index >= 15 is 0 Å². The Labute approximate surface area is 91.8 Å². The molecule has 0 aliphatic rings. The molecule has 4 heteroatoms. The van der Waals surface area contributed by atoms with Crippen molar-refractivity contribution in [2.24, 2.45) is 0 Å². The second kappa shape index (κ2) is 4.91. The number of aromatic nitrogens is 2. The molecule has 0 fully saturated rings. The standard InChI is InChI=1S/C9H12BrClN2/c1-6-7(2)12-13-9(11)8(6)4-3-5-10/h3-5H2,1-2H3. The van der Waals surface area contributed by atoms with Crippen molar-refractivity contribution in [2.45, 2.75) is 26.7 Å². The molecule has 0 amide bonds. The summed E-state index contributed by atoms with van der Waals surface area (Å²) in [6, 6.07) is 0. The van der Waals surface area contributed by atoms with Gasteiger partial charge in [-0.3, -0.25) is 0 Å². The second-order valence-corrected chi connectivity index (χ2v) is 4.12. The van der Waals surface area contributed by atoms with Crippen molar-refractivity contribution in [1.82, 2.24) is 10.2 Å². The predicted molar refractivity (Wildman–Crippen MR) is 58.6 cm³/mol. The molecule has 0 aromatic carbocycles. The highest BCUT2D eigenvalue weighted by Crippen LogP contribution is 2.20. The highest BCUT2D eigenvalue weighted by Gasteiger charge is 2.08. The van der Waals surface area contributed by atoms with E-state index in [0.29, 0.717) is 5.15 Å². The van der Waals surface area contributed by atoms with Crippen LogP contribution in [0, 0.1) is 13.8 Å². The maximum Gasteiger partial charge on any atom is 0.155 e. The van der Waals surface area contributed by atoms with Crippen LogP contribution in [0.15, 0.2) is 0 Å². The van der Waals surface area contributed by atoms with Crippen LogP contribution >= 0.6 is 27.5 Å². The lowest BCUT2D eigenvalue weighted by atomic mass is 10.1. The van der Waals surface area contributed by atoms with E-state index in [-0.39, 0.29) is 0 Å². The molecule has 0 saturated heterocycles. The lowest BCUT2D eigenvalue weighted by molar-refractivity contribution is 0.871. The van der Waals surface area contributed by atoms with Gasteiger partial charge in [-0.05, 0) is 37.8 Å². The van der Waals surface area contributed by atoms with E-state index in [4.69, 9.17) is 11.6 Å². The van der Waals surface area contributed by atoms with E-state index in [1.54, 1.807) is 0 Å². The van der Waals surface area contributed by atoms with Crippen LogP contribution in [0.2, 0.25) is 5.15 Å². The van der Waals surface area contributed by atoms with E-state index in [1.165, 1.54) is 5.56 Å². The molecule has 0 saturated carbocycles. The van der Waals surface area contributed by atoms with Crippen molar-refractivity contribution in [2.75, 3.05) is 5.33 Å². The van der Waals surface area contributed by atoms with Crippen LogP contribution in [-0.2, 0) is 6.42 Å². The van der Waals surface area contributed by atoms with Crippen LogP contribution < -0.4 is 0 Å². The number of aryl methyl sites for hydroxylation is 1. The third-order valence-corrected chi connectivity index (χ3v) is 2.96. The molecule has 0 aliphatic carbocycles. The minimum absolute atomic E-state index is 0.545. The third-order valence-electron chi connectivity index (χ3n) is 2.09. The Morgan fingerprint density at radius 2 is 2.00 bits per heavy atom. The van der Waals surface area contributed by atoms with Gasteiger partial charge in [0.05, 0.1) is 5.69 Å². The fraction of sp³-hybridized carbons (Fsp3) is 0.556. The Kier molecular flexibility index (Phi) is 4.13. The maximum absolute atomic E-state index is 5.95. The van der Waals surface area contributed by atoms with Gasteiger partial charge in [-0.15, -0.1) is 5.10 Å². The van der Waals surface area contributed by atoms with E-state index in [0.717, 1.165) is 29.4 Å². The van der Waals surface area contributed by atoms with Crippen molar-refractivity contribution in [3.63, 3.8) is 0 Å². The van der Waals surface area contributed by atoms with Gasteiger partial charge in [0, 0.05) is 5.33 Å². The molecule has 1 rings (SSSR count). The summed E-state index contributed by atoms with van der Waals surface area (Å²) in [5.41, 5.74) is 3.27. The maximum atomic E-state index is 5.95. The number of halogens is 2. The van der Waals surface area contributed by atoms with Gasteiger partial charge in [-0.1, -0.05) is 27.5 Å². The molecule has 13 heavy (non-hydrogen) atoms. The molecular formula is C9H12BrClN2. The first-order chi connectivity index (χ1) is 6.16. The molecule has 0 spiro atoms. The topological polar surface area (TPSA) is 25.8 Å². The second-order valence-electron chi connectivity index (χ2n) is 2.97. The number of alkyl halides is 1. The molecular weight excluding hydrogens is 251 g/mol. The summed E-state index contributed by atoms with van der Waals surface area (Å²) >= 11 is 9.34. The van der Waals surface area contributed by atoms with Crippen LogP contribution in [0.25, 0.3) is 0 Å². The monoisotopic (exact) mass is 262 g/mol. The normalized spacial score (nSPS) is 10.5. The van der Waals surface area contributed by atoms with Crippen LogP contribution in [-0.4, -0.2) is 15.5 Å². The first kappa shape index (κ1) is 10.9. The van der Waals surface area contributed by atoms with Crippen molar-refractivity contribution < 1.29 is 0 Å². The van der Waals surface area contributed by atoms with Crippen molar-refractivity contribution in [1.29, 1.82) is 0 Å². The number of rotatable bonds is 3. The van der Waals surface area contributed by atoms with Crippen LogP contribution in [0.3, 0.4) is 0 Å². The van der Waals surface area contributed by atoms with Gasteiger partial charge in [0.25, 0.3) is 0 Å². The fourth-order valence-electron chi connectivity index (χ4n) is 1.16. The average molecular weight is 264 g/mol. The summed E-state index contributed by atoms with van der Waals surface area (Å²) in [5, 5.41) is 9.38. The molecule has 1 heterocycles. The summed E-state index contributed by atoms with van der Waals surface area (Å²) in [6.07, 6.45) is 2.04. The molecule has 0 radical (unpaired) electrons. The van der Waals surface area contributed by atoms with Gasteiger partial charge in [0.15, 0.2) is 5.15 Å². The number of hydrogen-bond acceptors (Lipinski definition) is 2. The molecule has 0 bridgehead atoms. The zero-order valence-corrected chi connectivity index (χ0v) is 10.1. The Bertz CT molecular complexity index is 302. The quantitative estimate of drug-likeness (QED) is 0.783. The number of hydrogen-bond donors (Lipinski definition) is 0. The van der Waals surface area contributed by atoms with Crippen molar-refractivity contribution in [3.8, 4) is 0 Å². The Hall–Kier alpha value is -0.150. The molecule has 72 valence electrons. The minimum atomic E-state index is 0.545. The Balaban J connectivity index is 2.96. The molecule has 1 aromatic rings. The van der Waals surface area contributed by atoms with Gasteiger partial charge in [-0.2, -0.15) is 5.10 Å². The van der Waals surface area contributed by atoms with Crippen LogP contribution in [0.4, 0.5) is 0 Å². The summed E-state index contributed by atoms with van der Waals surface area (Å²) < 4.78 is 0. The third kappa shape index (κ3) is 2.64. The highest BCUT2D eigenvalue weighted by atomic mass is 79.9. The zero-order valence-electron chi connectivity index (χ0n) is 7.77. The smallest absolute Gasteiger partial charge is 0.154 e. The lowest BCUT2D eigenvalue weighted by Crippen LogP contribution is -2.00. The largest absolute Gasteiger partial charge is 0.155 e. The Morgan fingerprint density at radius 3 is 2.62 bits per heavy atom. The van der Waals surface area contributed by atoms with Gasteiger partial charge in [0.2, 0.25) is 0 Å². The van der Waals surface area contributed by atoms with E-state index in [9.17, 15) is 0 Å². The van der Waals surface area contributed by atoms with E-state index < -0.39 is 0 Å². The average Bonchev–Trinajstić information content (AvgIpc) is 2.12. The van der Waals surface area contributed by atoms with Gasteiger partial charge >= 0.3 is 0 Å². The van der Waals surface area contributed by atoms with Crippen molar-refractivity contribution >= 4 is 27.5 Å². The molecule has 1 aromatic heterocycles. The summed E-state index contributed by atoms with van der Waals surface area (Å²) in [6.45, 7) is 4.00. The fourth-order valence-corrected chi connectivity index (χ4v) is 1.72. The zero-order chi connectivity index (χ0) is 9.84. The lowest BCUT2D eigenvalue weighted by Gasteiger charge is -2.07. The predicted octanol–water partition coefficient (Wildman–Crippen LogP) is 3.07. The summed E-state index contributed by atoms with van der Waals surface area (Å²) in [7, 11) is 0. The summed E-state index contributed by atoms with van der Waals surface area (Å²) in [4.78, 5) is 0. The van der Waals surface area contributed by atoms with Crippen molar-refractivity contribution in [3.05, 3.63) is 22.0 Å². The van der Waals surface area contributed by atoms with E-state index in [2.05, 4.69) is 26.1 Å². The minimum Gasteiger partial charge on any atom is -0.154 e. The Morgan fingerprint density at radius 1 is 1.31 bits per heavy atom. The highest BCUT2D eigenvalue weighted by molar-refractivity contribution is 9.09. The molecule has 0 aliphatic heterocycles. The first-order valence-corrected chi connectivity index (χ1v) is 5.71. The van der Waals surface area contributed by atoms with Crippen LogP contribution in [0.5, 0.6) is 0 Å². The molecule has 0 atom stereocenters. The van der Waals surface area contributed by atoms with Crippen LogP contribution in [0.1, 0.15) is 23.2 Å². The van der Waals surface area contributed by atoms with Gasteiger partial charge in [-0.25, -0.2) is 0 Å².